The lowest BCUT2D eigenvalue weighted by Gasteiger charge is -2.00. The molecule has 4 nitrogen and oxygen atoms in total. The van der Waals surface area contributed by atoms with Gasteiger partial charge in [0.2, 0.25) is 0 Å². The molecule has 18 heavy (non-hydrogen) atoms. The number of benzene rings is 1. The zero-order valence-electron chi connectivity index (χ0n) is 10.2. The van der Waals surface area contributed by atoms with Crippen molar-refractivity contribution < 1.29 is 14.3 Å². The molecule has 5 heteroatoms. The first-order valence-corrected chi connectivity index (χ1v) is 6.09. The van der Waals surface area contributed by atoms with Crippen molar-refractivity contribution in [1.82, 2.24) is 0 Å². The summed E-state index contributed by atoms with van der Waals surface area (Å²) in [6.07, 6.45) is 2.97. The van der Waals surface area contributed by atoms with Crippen LogP contribution in [-0.2, 0) is 16.0 Å². The number of halogens is 1. The summed E-state index contributed by atoms with van der Waals surface area (Å²) < 4.78 is 4.49. The number of unbranched alkanes of at least 4 members (excludes halogenated alkanes) is 1. The van der Waals surface area contributed by atoms with E-state index >= 15 is 0 Å². The van der Waals surface area contributed by atoms with Gasteiger partial charge in [-0.05, 0) is 37.0 Å². The second-order valence-electron chi connectivity index (χ2n) is 3.87. The summed E-state index contributed by atoms with van der Waals surface area (Å²) in [6, 6.07) is 7.66. The summed E-state index contributed by atoms with van der Waals surface area (Å²) in [5.41, 5.74) is 9.90. The highest BCUT2D eigenvalue weighted by atomic mass is 35.5. The van der Waals surface area contributed by atoms with Gasteiger partial charge in [0.25, 0.3) is 0 Å². The molecule has 0 spiro atoms. The maximum atomic E-state index is 11.1. The Bertz CT molecular complexity index is 451. The number of nitrogens with zero attached hydrogens (tertiary/aromatic N) is 2. The molecular weight excluding hydrogens is 252 g/mol. The minimum Gasteiger partial charge on any atom is -0.460 e. The fourth-order valence-corrected chi connectivity index (χ4v) is 1.71. The number of carbonyl (C=O) groups is 1. The fraction of sp³-hybridized carbons (Fsp3) is 0.385. The van der Waals surface area contributed by atoms with Crippen molar-refractivity contribution in [2.24, 2.45) is 0 Å². The van der Waals surface area contributed by atoms with Crippen LogP contribution in [0.2, 0.25) is 5.02 Å². The van der Waals surface area contributed by atoms with E-state index in [1.807, 2.05) is 24.3 Å². The van der Waals surface area contributed by atoms with E-state index in [9.17, 15) is 4.79 Å². The Balaban J connectivity index is 2.32. The average molecular weight is 267 g/mol. The van der Waals surface area contributed by atoms with Crippen LogP contribution < -0.4 is 0 Å². The molecule has 0 unspecified atom stereocenters. The highest BCUT2D eigenvalue weighted by Gasteiger charge is 2.19. The van der Waals surface area contributed by atoms with Crippen LogP contribution in [-0.4, -0.2) is 23.6 Å². The van der Waals surface area contributed by atoms with E-state index in [-0.39, 0.29) is 5.71 Å². The summed E-state index contributed by atoms with van der Waals surface area (Å²) in [5.74, 6) is -0.580. The van der Waals surface area contributed by atoms with Gasteiger partial charge in [0.1, 0.15) is 0 Å². The summed E-state index contributed by atoms with van der Waals surface area (Å²) >= 11 is 5.79. The van der Waals surface area contributed by atoms with Crippen molar-refractivity contribution in [3.8, 4) is 0 Å². The van der Waals surface area contributed by atoms with Gasteiger partial charge in [0.05, 0.1) is 13.5 Å². The summed E-state index contributed by atoms with van der Waals surface area (Å²) in [5, 5.41) is 0.721. The van der Waals surface area contributed by atoms with Crippen molar-refractivity contribution >= 4 is 23.3 Å². The topological polar surface area (TPSA) is 62.7 Å². The van der Waals surface area contributed by atoms with Crippen molar-refractivity contribution in [2.45, 2.75) is 25.7 Å². The molecule has 0 aliphatic rings. The maximum Gasteiger partial charge on any atom is 0.416 e. The number of carbonyl (C=O) groups excluding carboxylic acids is 1. The molecular formula is C13H15ClN2O2. The van der Waals surface area contributed by atoms with E-state index in [1.54, 1.807) is 0 Å². The summed E-state index contributed by atoms with van der Waals surface area (Å²) in [7, 11) is 1.27. The monoisotopic (exact) mass is 266 g/mol. The standard InChI is InChI=1S/C13H15ClN2O2/c1-18-13(17)12(16-15)5-3-2-4-10-6-8-11(14)9-7-10/h6-9H,2-5H2,1H3. The molecule has 0 saturated carbocycles. The quantitative estimate of drug-likeness (QED) is 0.261. The first kappa shape index (κ1) is 14.4. The van der Waals surface area contributed by atoms with Crippen LogP contribution in [0.5, 0.6) is 0 Å². The second-order valence-corrected chi connectivity index (χ2v) is 4.31. The van der Waals surface area contributed by atoms with Crippen LogP contribution in [0.3, 0.4) is 0 Å². The Morgan fingerprint density at radius 2 is 2.00 bits per heavy atom. The molecule has 0 N–H and O–H groups in total. The van der Waals surface area contributed by atoms with E-state index in [4.69, 9.17) is 17.1 Å². The first-order chi connectivity index (χ1) is 8.67. The van der Waals surface area contributed by atoms with Gasteiger partial charge in [-0.15, -0.1) is 0 Å². The lowest BCUT2D eigenvalue weighted by Crippen LogP contribution is -2.16. The zero-order valence-corrected chi connectivity index (χ0v) is 11.0. The third-order valence-electron chi connectivity index (χ3n) is 2.58. The number of esters is 1. The van der Waals surface area contributed by atoms with Crippen molar-refractivity contribution in [3.63, 3.8) is 0 Å². The minimum absolute atomic E-state index is 0.0635. The molecule has 0 aliphatic carbocycles. The number of hydrogen-bond acceptors (Lipinski definition) is 2. The van der Waals surface area contributed by atoms with Crippen LogP contribution in [0.1, 0.15) is 24.8 Å². The largest absolute Gasteiger partial charge is 0.460 e. The number of hydrogen-bond donors (Lipinski definition) is 0. The minimum atomic E-state index is -0.580. The van der Waals surface area contributed by atoms with Gasteiger partial charge < -0.3 is 10.3 Å². The van der Waals surface area contributed by atoms with E-state index in [1.165, 1.54) is 12.7 Å². The van der Waals surface area contributed by atoms with Crippen LogP contribution in [0, 0.1) is 0 Å². The van der Waals surface area contributed by atoms with E-state index in [2.05, 4.69) is 9.53 Å². The van der Waals surface area contributed by atoms with E-state index in [0.717, 1.165) is 24.3 Å². The highest BCUT2D eigenvalue weighted by molar-refractivity contribution is 6.33. The van der Waals surface area contributed by atoms with Crippen molar-refractivity contribution in [2.75, 3.05) is 7.11 Å². The molecule has 0 fully saturated rings. The molecule has 0 radical (unpaired) electrons. The van der Waals surface area contributed by atoms with Crippen molar-refractivity contribution in [3.05, 3.63) is 40.4 Å². The van der Waals surface area contributed by atoms with Gasteiger partial charge in [-0.25, -0.2) is 4.79 Å². The van der Waals surface area contributed by atoms with Gasteiger partial charge in [-0.3, -0.25) is 0 Å². The van der Waals surface area contributed by atoms with E-state index in [0.29, 0.717) is 6.42 Å². The molecule has 1 aromatic rings. The molecule has 0 amide bonds. The molecule has 0 aliphatic heterocycles. The van der Waals surface area contributed by atoms with Crippen molar-refractivity contribution in [1.29, 1.82) is 0 Å². The number of rotatable bonds is 6. The zero-order chi connectivity index (χ0) is 13.4. The van der Waals surface area contributed by atoms with Gasteiger partial charge in [-0.1, -0.05) is 23.7 Å². The van der Waals surface area contributed by atoms with Crippen LogP contribution in [0.15, 0.2) is 24.3 Å². The lowest BCUT2D eigenvalue weighted by molar-refractivity contribution is -0.137. The third kappa shape index (κ3) is 4.70. The third-order valence-corrected chi connectivity index (χ3v) is 2.84. The summed E-state index contributed by atoms with van der Waals surface area (Å²) in [6.45, 7) is 0. The molecule has 1 rings (SSSR count). The van der Waals surface area contributed by atoms with Gasteiger partial charge in [-0.2, -0.15) is 4.79 Å². The number of ether oxygens (including phenoxy) is 1. The Kier molecular flexibility index (Phi) is 6.12. The Morgan fingerprint density at radius 3 is 2.56 bits per heavy atom. The normalized spacial score (nSPS) is 9.67. The lowest BCUT2D eigenvalue weighted by atomic mass is 10.1. The molecule has 0 saturated heterocycles. The SMILES string of the molecule is COC(=O)C(CCCCc1ccc(Cl)cc1)=[N+]=[N-]. The van der Waals surface area contributed by atoms with Crippen LogP contribution in [0.25, 0.3) is 5.53 Å². The smallest absolute Gasteiger partial charge is 0.416 e. The van der Waals surface area contributed by atoms with Gasteiger partial charge in [0.15, 0.2) is 0 Å². The Hall–Kier alpha value is -1.64. The van der Waals surface area contributed by atoms with Gasteiger partial charge in [0, 0.05) is 5.02 Å². The predicted molar refractivity (Wildman–Crippen MR) is 69.6 cm³/mol. The second kappa shape index (κ2) is 7.64. The molecule has 0 atom stereocenters. The Morgan fingerprint density at radius 1 is 1.33 bits per heavy atom. The maximum absolute atomic E-state index is 11.1. The van der Waals surface area contributed by atoms with Crippen LogP contribution in [0.4, 0.5) is 0 Å². The molecule has 0 aromatic heterocycles. The van der Waals surface area contributed by atoms with E-state index < -0.39 is 5.97 Å². The number of methoxy groups -OCH3 is 1. The molecule has 1 aromatic carbocycles. The fourth-order valence-electron chi connectivity index (χ4n) is 1.58. The molecule has 0 bridgehead atoms. The first-order valence-electron chi connectivity index (χ1n) is 5.71. The predicted octanol–water partition coefficient (Wildman–Crippen LogP) is 2.90. The molecule has 0 heterocycles. The Labute approximate surface area is 111 Å². The van der Waals surface area contributed by atoms with Gasteiger partial charge >= 0.3 is 11.7 Å². The summed E-state index contributed by atoms with van der Waals surface area (Å²) in [4.78, 5) is 14.1. The highest BCUT2D eigenvalue weighted by Crippen LogP contribution is 2.12. The molecule has 96 valence electrons. The number of aryl methyl sites for hydroxylation is 1. The van der Waals surface area contributed by atoms with Crippen LogP contribution >= 0.6 is 11.6 Å². The average Bonchev–Trinajstić information content (AvgIpc) is 2.40.